The molecule has 1 heterocycles. The molecule has 0 atom stereocenters. The Morgan fingerprint density at radius 1 is 1.14 bits per heavy atom. The average molecular weight is 373 g/mol. The maximum atomic E-state index is 14.2. The molecule has 2 aromatic carbocycles. The van der Waals surface area contributed by atoms with Crippen molar-refractivity contribution in [3.8, 4) is 11.8 Å². The smallest absolute Gasteiger partial charge is 0.262 e. The highest BCUT2D eigenvalue weighted by Gasteiger charge is 2.15. The average Bonchev–Trinajstić information content (AvgIpc) is 2.98. The van der Waals surface area contributed by atoms with Gasteiger partial charge in [0.15, 0.2) is 0 Å². The number of nitrogens with one attached hydrogen (secondary N) is 1. The predicted octanol–water partition coefficient (Wildman–Crippen LogP) is 4.46. The maximum absolute atomic E-state index is 14.2. The van der Waals surface area contributed by atoms with Crippen molar-refractivity contribution in [1.82, 2.24) is 9.88 Å². The van der Waals surface area contributed by atoms with Crippen LogP contribution in [0.4, 0.5) is 4.39 Å². The second-order valence-electron chi connectivity index (χ2n) is 6.45. The Bertz CT molecular complexity index is 1070. The molecule has 0 aliphatic heterocycles. The minimum atomic E-state index is -0.443. The molecule has 3 aromatic rings. The molecule has 1 N–H and O–H groups in total. The predicted molar refractivity (Wildman–Crippen MR) is 107 cm³/mol. The topological polar surface area (TPSA) is 57.8 Å². The van der Waals surface area contributed by atoms with Gasteiger partial charge in [0, 0.05) is 17.9 Å². The maximum Gasteiger partial charge on any atom is 0.262 e. The number of benzene rings is 2. The highest BCUT2D eigenvalue weighted by Crippen LogP contribution is 2.24. The van der Waals surface area contributed by atoms with Crippen LogP contribution >= 0.6 is 0 Å². The molecule has 0 saturated heterocycles. The molecule has 0 radical (unpaired) electrons. The van der Waals surface area contributed by atoms with Gasteiger partial charge in [0.25, 0.3) is 5.91 Å². The van der Waals surface area contributed by atoms with Crippen LogP contribution in [-0.4, -0.2) is 10.5 Å². The van der Waals surface area contributed by atoms with Gasteiger partial charge >= 0.3 is 0 Å². The fraction of sp³-hybridized carbons (Fsp3) is 0.130. The Kier molecular flexibility index (Phi) is 5.71. The van der Waals surface area contributed by atoms with Crippen molar-refractivity contribution >= 4 is 12.0 Å². The van der Waals surface area contributed by atoms with Gasteiger partial charge in [-0.25, -0.2) is 4.39 Å². The summed E-state index contributed by atoms with van der Waals surface area (Å²) in [6.07, 6.45) is 1.54. The largest absolute Gasteiger partial charge is 0.347 e. The Labute approximate surface area is 163 Å². The molecule has 0 spiro atoms. The third kappa shape index (κ3) is 4.02. The second kappa shape index (κ2) is 8.36. The summed E-state index contributed by atoms with van der Waals surface area (Å²) in [7, 11) is 0. The zero-order chi connectivity index (χ0) is 20.1. The van der Waals surface area contributed by atoms with Gasteiger partial charge in [0.2, 0.25) is 0 Å². The third-order valence-electron chi connectivity index (χ3n) is 4.52. The molecule has 3 rings (SSSR count). The zero-order valence-electron chi connectivity index (χ0n) is 15.7. The first-order chi connectivity index (χ1) is 13.5. The lowest BCUT2D eigenvalue weighted by Gasteiger charge is -2.10. The van der Waals surface area contributed by atoms with Gasteiger partial charge in [-0.3, -0.25) is 4.79 Å². The van der Waals surface area contributed by atoms with E-state index in [9.17, 15) is 14.4 Å². The molecule has 28 heavy (non-hydrogen) atoms. The van der Waals surface area contributed by atoms with Crippen molar-refractivity contribution in [2.75, 3.05) is 0 Å². The molecule has 0 aliphatic carbocycles. The van der Waals surface area contributed by atoms with Crippen LogP contribution in [0.1, 0.15) is 22.5 Å². The highest BCUT2D eigenvalue weighted by molar-refractivity contribution is 6.01. The monoisotopic (exact) mass is 373 g/mol. The van der Waals surface area contributed by atoms with E-state index >= 15 is 0 Å². The molecular weight excluding hydrogens is 353 g/mol. The summed E-state index contributed by atoms with van der Waals surface area (Å²) >= 11 is 0. The first-order valence-corrected chi connectivity index (χ1v) is 8.89. The number of aryl methyl sites for hydroxylation is 1. The summed E-state index contributed by atoms with van der Waals surface area (Å²) in [5.41, 5.74) is 3.66. The number of aromatic nitrogens is 1. The Morgan fingerprint density at radius 2 is 1.82 bits per heavy atom. The van der Waals surface area contributed by atoms with E-state index in [4.69, 9.17) is 0 Å². The lowest BCUT2D eigenvalue weighted by Crippen LogP contribution is -2.23. The van der Waals surface area contributed by atoms with E-state index in [1.54, 1.807) is 28.8 Å². The van der Waals surface area contributed by atoms with Crippen molar-refractivity contribution in [2.24, 2.45) is 0 Å². The Balaban J connectivity index is 1.87. The molecule has 1 aromatic heterocycles. The summed E-state index contributed by atoms with van der Waals surface area (Å²) in [5.74, 6) is -0.775. The number of rotatable bonds is 5. The van der Waals surface area contributed by atoms with Crippen LogP contribution in [0.5, 0.6) is 0 Å². The first-order valence-electron chi connectivity index (χ1n) is 8.89. The fourth-order valence-electron chi connectivity index (χ4n) is 3.12. The number of halogens is 1. The SMILES string of the molecule is Cc1cc(C=C(C#N)C(=O)NCc2ccccc2)c(C)n1-c1ccccc1F. The van der Waals surface area contributed by atoms with Crippen LogP contribution in [-0.2, 0) is 11.3 Å². The molecule has 5 heteroatoms. The Hall–Kier alpha value is -3.65. The second-order valence-corrected chi connectivity index (χ2v) is 6.45. The summed E-state index contributed by atoms with van der Waals surface area (Å²) in [6, 6.07) is 19.8. The van der Waals surface area contributed by atoms with E-state index in [0.29, 0.717) is 17.8 Å². The zero-order valence-corrected chi connectivity index (χ0v) is 15.7. The summed E-state index contributed by atoms with van der Waals surface area (Å²) in [5, 5.41) is 12.2. The van der Waals surface area contributed by atoms with E-state index in [0.717, 1.165) is 17.0 Å². The highest BCUT2D eigenvalue weighted by atomic mass is 19.1. The fourth-order valence-corrected chi connectivity index (χ4v) is 3.12. The summed E-state index contributed by atoms with van der Waals surface area (Å²) in [6.45, 7) is 4.04. The summed E-state index contributed by atoms with van der Waals surface area (Å²) in [4.78, 5) is 12.4. The first kappa shape index (κ1) is 19.1. The van der Waals surface area contributed by atoms with Gasteiger partial charge in [-0.05, 0) is 49.2 Å². The van der Waals surface area contributed by atoms with E-state index in [1.807, 2.05) is 56.3 Å². The number of carbonyl (C=O) groups excluding carboxylic acids is 1. The molecule has 140 valence electrons. The number of carbonyl (C=O) groups is 1. The van der Waals surface area contributed by atoms with Crippen molar-refractivity contribution < 1.29 is 9.18 Å². The van der Waals surface area contributed by atoms with Gasteiger partial charge < -0.3 is 9.88 Å². The van der Waals surface area contributed by atoms with Crippen LogP contribution in [0.15, 0.2) is 66.2 Å². The van der Waals surface area contributed by atoms with Crippen LogP contribution in [0.25, 0.3) is 11.8 Å². The van der Waals surface area contributed by atoms with E-state index in [2.05, 4.69) is 5.32 Å². The van der Waals surface area contributed by atoms with Crippen LogP contribution in [0.3, 0.4) is 0 Å². The molecule has 0 bridgehead atoms. The normalized spacial score (nSPS) is 11.1. The number of hydrogen-bond donors (Lipinski definition) is 1. The molecular formula is C23H20FN3O. The van der Waals surface area contributed by atoms with Gasteiger partial charge in [-0.15, -0.1) is 0 Å². The van der Waals surface area contributed by atoms with E-state index in [1.165, 1.54) is 6.07 Å². The molecule has 1 amide bonds. The minimum Gasteiger partial charge on any atom is -0.347 e. The van der Waals surface area contributed by atoms with Gasteiger partial charge in [0.05, 0.1) is 5.69 Å². The number of hydrogen-bond acceptors (Lipinski definition) is 2. The lowest BCUT2D eigenvalue weighted by atomic mass is 10.1. The number of nitrogens with zero attached hydrogens (tertiary/aromatic N) is 2. The van der Waals surface area contributed by atoms with Gasteiger partial charge in [-0.2, -0.15) is 5.26 Å². The molecule has 0 saturated carbocycles. The molecule has 4 nitrogen and oxygen atoms in total. The molecule has 0 unspecified atom stereocenters. The minimum absolute atomic E-state index is 0.00437. The quantitative estimate of drug-likeness (QED) is 0.530. The van der Waals surface area contributed by atoms with Crippen molar-refractivity contribution in [1.29, 1.82) is 5.26 Å². The number of para-hydroxylation sites is 1. The molecule has 0 fully saturated rings. The van der Waals surface area contributed by atoms with Gasteiger partial charge in [0.1, 0.15) is 17.5 Å². The van der Waals surface area contributed by atoms with E-state index in [-0.39, 0.29) is 11.4 Å². The Morgan fingerprint density at radius 3 is 2.50 bits per heavy atom. The van der Waals surface area contributed by atoms with Crippen molar-refractivity contribution in [3.05, 3.63) is 94.6 Å². The third-order valence-corrected chi connectivity index (χ3v) is 4.52. The standard InChI is InChI=1S/C23H20FN3O/c1-16-12-19(17(2)27(16)22-11-7-6-10-21(22)24)13-20(14-25)23(28)26-15-18-8-4-3-5-9-18/h3-13H,15H2,1-2H3,(H,26,28). The van der Waals surface area contributed by atoms with Gasteiger partial charge in [-0.1, -0.05) is 42.5 Å². The summed E-state index contributed by atoms with van der Waals surface area (Å²) < 4.78 is 16.0. The van der Waals surface area contributed by atoms with Crippen molar-refractivity contribution in [3.63, 3.8) is 0 Å². The van der Waals surface area contributed by atoms with Crippen LogP contribution < -0.4 is 5.32 Å². The lowest BCUT2D eigenvalue weighted by molar-refractivity contribution is -0.117. The molecule has 0 aliphatic rings. The van der Waals surface area contributed by atoms with Crippen LogP contribution in [0, 0.1) is 31.0 Å². The van der Waals surface area contributed by atoms with Crippen LogP contribution in [0.2, 0.25) is 0 Å². The number of nitriles is 1. The van der Waals surface area contributed by atoms with E-state index < -0.39 is 5.91 Å². The number of amides is 1. The van der Waals surface area contributed by atoms with Crippen molar-refractivity contribution in [2.45, 2.75) is 20.4 Å².